The summed E-state index contributed by atoms with van der Waals surface area (Å²) in [5.74, 6) is 0.852. The predicted octanol–water partition coefficient (Wildman–Crippen LogP) is 3.71. The van der Waals surface area contributed by atoms with Crippen LogP contribution in [0.5, 0.6) is 11.5 Å². The molecule has 0 atom stereocenters. The number of methoxy groups -OCH3 is 1. The van der Waals surface area contributed by atoms with Crippen LogP contribution in [0.4, 0.5) is 0 Å². The number of carbonyl (C=O) groups excluding carboxylic acids is 1. The standard InChI is InChI=1S/C20H19NO3/c1-23-20-10-14(12-21)6-9-19(20)24-13-18(22)17-8-7-15-4-2-3-5-16(15)11-17/h6-11H,2-5,13H2,1H3. The van der Waals surface area contributed by atoms with Gasteiger partial charge in [0.25, 0.3) is 0 Å². The van der Waals surface area contributed by atoms with E-state index in [0.717, 1.165) is 12.8 Å². The summed E-state index contributed by atoms with van der Waals surface area (Å²) in [5.41, 5.74) is 3.80. The van der Waals surface area contributed by atoms with Gasteiger partial charge >= 0.3 is 0 Å². The Morgan fingerprint density at radius 3 is 2.62 bits per heavy atom. The van der Waals surface area contributed by atoms with Gasteiger partial charge in [0.15, 0.2) is 23.9 Å². The number of ketones is 1. The molecule has 1 aliphatic rings. The second-order valence-corrected chi connectivity index (χ2v) is 5.88. The highest BCUT2D eigenvalue weighted by Crippen LogP contribution is 2.28. The van der Waals surface area contributed by atoms with Gasteiger partial charge in [0.05, 0.1) is 18.7 Å². The number of Topliss-reactive ketones (excluding diaryl/α,β-unsaturated/α-hetero) is 1. The first-order chi connectivity index (χ1) is 11.7. The molecule has 0 aromatic heterocycles. The fourth-order valence-corrected chi connectivity index (χ4v) is 2.99. The van der Waals surface area contributed by atoms with Gasteiger partial charge in [-0.05, 0) is 55.0 Å². The van der Waals surface area contributed by atoms with E-state index in [0.29, 0.717) is 22.6 Å². The van der Waals surface area contributed by atoms with Crippen LogP contribution in [0.3, 0.4) is 0 Å². The van der Waals surface area contributed by atoms with Crippen LogP contribution in [0.2, 0.25) is 0 Å². The molecule has 4 nitrogen and oxygen atoms in total. The van der Waals surface area contributed by atoms with Gasteiger partial charge in [0.1, 0.15) is 0 Å². The Balaban J connectivity index is 1.71. The van der Waals surface area contributed by atoms with Crippen molar-refractivity contribution in [3.8, 4) is 17.6 Å². The zero-order chi connectivity index (χ0) is 16.9. The Morgan fingerprint density at radius 1 is 1.08 bits per heavy atom. The first kappa shape index (κ1) is 16.1. The number of rotatable bonds is 5. The zero-order valence-corrected chi connectivity index (χ0v) is 13.7. The number of benzene rings is 2. The lowest BCUT2D eigenvalue weighted by molar-refractivity contribution is 0.0919. The van der Waals surface area contributed by atoms with Gasteiger partial charge in [-0.25, -0.2) is 0 Å². The lowest BCUT2D eigenvalue weighted by Crippen LogP contribution is -2.13. The second-order valence-electron chi connectivity index (χ2n) is 5.88. The molecule has 24 heavy (non-hydrogen) atoms. The van der Waals surface area contributed by atoms with Crippen LogP contribution in [0.1, 0.15) is 39.9 Å². The molecule has 2 aromatic rings. The lowest BCUT2D eigenvalue weighted by atomic mass is 9.90. The average Bonchev–Trinajstić information content (AvgIpc) is 2.65. The maximum atomic E-state index is 12.4. The minimum atomic E-state index is -0.0604. The minimum Gasteiger partial charge on any atom is -0.493 e. The topological polar surface area (TPSA) is 59.3 Å². The number of nitrogens with zero attached hydrogens (tertiary/aromatic N) is 1. The van der Waals surface area contributed by atoms with Gasteiger partial charge in [0, 0.05) is 11.6 Å². The van der Waals surface area contributed by atoms with Crippen molar-refractivity contribution in [1.29, 1.82) is 5.26 Å². The van der Waals surface area contributed by atoms with Crippen LogP contribution < -0.4 is 9.47 Å². The van der Waals surface area contributed by atoms with Crippen molar-refractivity contribution in [2.24, 2.45) is 0 Å². The van der Waals surface area contributed by atoms with Gasteiger partial charge in [-0.3, -0.25) is 4.79 Å². The van der Waals surface area contributed by atoms with Crippen molar-refractivity contribution >= 4 is 5.78 Å². The molecule has 0 amide bonds. The number of fused-ring (bicyclic) bond motifs is 1. The van der Waals surface area contributed by atoms with Crippen molar-refractivity contribution in [3.05, 3.63) is 58.7 Å². The van der Waals surface area contributed by atoms with Gasteiger partial charge in [-0.2, -0.15) is 5.26 Å². The van der Waals surface area contributed by atoms with E-state index in [4.69, 9.17) is 14.7 Å². The smallest absolute Gasteiger partial charge is 0.200 e. The Labute approximate surface area is 141 Å². The molecule has 2 aromatic carbocycles. The fourth-order valence-electron chi connectivity index (χ4n) is 2.99. The summed E-state index contributed by atoms with van der Waals surface area (Å²) in [6.07, 6.45) is 4.55. The molecular weight excluding hydrogens is 302 g/mol. The highest BCUT2D eigenvalue weighted by Gasteiger charge is 2.14. The third kappa shape index (κ3) is 3.41. The molecule has 0 saturated carbocycles. The normalized spacial score (nSPS) is 12.8. The van der Waals surface area contributed by atoms with E-state index in [1.807, 2.05) is 18.2 Å². The molecule has 0 radical (unpaired) electrons. The second kappa shape index (κ2) is 7.18. The lowest BCUT2D eigenvalue weighted by Gasteiger charge is -2.16. The summed E-state index contributed by atoms with van der Waals surface area (Å²) in [7, 11) is 1.51. The summed E-state index contributed by atoms with van der Waals surface area (Å²) in [6, 6.07) is 12.9. The molecule has 1 aliphatic carbocycles. The summed E-state index contributed by atoms with van der Waals surface area (Å²) in [5, 5.41) is 8.91. The monoisotopic (exact) mass is 321 g/mol. The van der Waals surface area contributed by atoms with Crippen LogP contribution >= 0.6 is 0 Å². The summed E-state index contributed by atoms with van der Waals surface area (Å²) < 4.78 is 10.8. The molecule has 122 valence electrons. The Hall–Kier alpha value is -2.80. The zero-order valence-electron chi connectivity index (χ0n) is 13.7. The predicted molar refractivity (Wildman–Crippen MR) is 90.6 cm³/mol. The first-order valence-corrected chi connectivity index (χ1v) is 8.07. The van der Waals surface area contributed by atoms with Gasteiger partial charge in [-0.1, -0.05) is 12.1 Å². The van der Waals surface area contributed by atoms with Crippen molar-refractivity contribution in [2.75, 3.05) is 13.7 Å². The quantitative estimate of drug-likeness (QED) is 0.788. The molecule has 0 unspecified atom stereocenters. The first-order valence-electron chi connectivity index (χ1n) is 8.07. The average molecular weight is 321 g/mol. The molecule has 0 N–H and O–H groups in total. The third-order valence-electron chi connectivity index (χ3n) is 4.32. The van der Waals surface area contributed by atoms with E-state index >= 15 is 0 Å². The van der Waals surface area contributed by atoms with E-state index in [2.05, 4.69) is 6.07 Å². The van der Waals surface area contributed by atoms with Gasteiger partial charge in [-0.15, -0.1) is 0 Å². The largest absolute Gasteiger partial charge is 0.493 e. The Kier molecular flexibility index (Phi) is 4.81. The fraction of sp³-hybridized carbons (Fsp3) is 0.300. The van der Waals surface area contributed by atoms with E-state index in [1.165, 1.54) is 31.1 Å². The van der Waals surface area contributed by atoms with E-state index in [9.17, 15) is 4.79 Å². The van der Waals surface area contributed by atoms with Crippen LogP contribution in [-0.4, -0.2) is 19.5 Å². The number of hydrogen-bond acceptors (Lipinski definition) is 4. The molecule has 0 fully saturated rings. The SMILES string of the molecule is COc1cc(C#N)ccc1OCC(=O)c1ccc2c(c1)CCCC2. The third-order valence-corrected chi connectivity index (χ3v) is 4.32. The maximum Gasteiger partial charge on any atom is 0.200 e. The maximum absolute atomic E-state index is 12.4. The number of nitriles is 1. The van der Waals surface area contributed by atoms with Crippen LogP contribution in [0.25, 0.3) is 0 Å². The van der Waals surface area contributed by atoms with Crippen LogP contribution in [-0.2, 0) is 12.8 Å². The molecule has 0 saturated heterocycles. The summed E-state index contributed by atoms with van der Waals surface area (Å²) in [6.45, 7) is -0.0545. The number of hydrogen-bond donors (Lipinski definition) is 0. The Morgan fingerprint density at radius 2 is 1.88 bits per heavy atom. The van der Waals surface area contributed by atoms with Crippen molar-refractivity contribution in [1.82, 2.24) is 0 Å². The number of ether oxygens (including phenoxy) is 2. The summed E-state index contributed by atoms with van der Waals surface area (Å²) >= 11 is 0. The summed E-state index contributed by atoms with van der Waals surface area (Å²) in [4.78, 5) is 12.4. The molecule has 3 rings (SSSR count). The van der Waals surface area contributed by atoms with Gasteiger partial charge in [0.2, 0.25) is 0 Å². The van der Waals surface area contributed by atoms with Crippen molar-refractivity contribution in [2.45, 2.75) is 25.7 Å². The number of carbonyl (C=O) groups is 1. The molecule has 4 heteroatoms. The van der Waals surface area contributed by atoms with Gasteiger partial charge < -0.3 is 9.47 Å². The van der Waals surface area contributed by atoms with Crippen molar-refractivity contribution < 1.29 is 14.3 Å². The molecular formula is C20H19NO3. The molecule has 0 bridgehead atoms. The highest BCUT2D eigenvalue weighted by atomic mass is 16.5. The minimum absolute atomic E-state index is 0.0545. The van der Waals surface area contributed by atoms with Crippen LogP contribution in [0.15, 0.2) is 36.4 Å². The molecule has 0 spiro atoms. The van der Waals surface area contributed by atoms with E-state index in [-0.39, 0.29) is 12.4 Å². The Bertz CT molecular complexity index is 805. The molecule has 0 heterocycles. The highest BCUT2D eigenvalue weighted by molar-refractivity contribution is 5.97. The van der Waals surface area contributed by atoms with E-state index in [1.54, 1.807) is 18.2 Å². The van der Waals surface area contributed by atoms with E-state index < -0.39 is 0 Å². The van der Waals surface area contributed by atoms with Crippen LogP contribution in [0, 0.1) is 11.3 Å². The number of aryl methyl sites for hydroxylation is 2. The van der Waals surface area contributed by atoms with Crippen molar-refractivity contribution in [3.63, 3.8) is 0 Å². The molecule has 0 aliphatic heterocycles.